The Kier molecular flexibility index (Phi) is 5.95. The Morgan fingerprint density at radius 2 is 1.83 bits per heavy atom. The number of carboxylic acids is 1. The highest BCUT2D eigenvalue weighted by molar-refractivity contribution is 5.84. The van der Waals surface area contributed by atoms with Crippen LogP contribution in [0.3, 0.4) is 0 Å². The zero-order valence-electron chi connectivity index (χ0n) is 13.8. The van der Waals surface area contributed by atoms with Crippen LogP contribution in [0, 0.1) is 13.8 Å². The first-order valence-electron chi connectivity index (χ1n) is 7.74. The molecule has 0 saturated heterocycles. The topological polar surface area (TPSA) is 75.6 Å². The van der Waals surface area contributed by atoms with Crippen molar-refractivity contribution in [2.45, 2.75) is 26.3 Å². The van der Waals surface area contributed by atoms with Crippen molar-refractivity contribution in [2.24, 2.45) is 0 Å². The number of ether oxygens (including phenoxy) is 1. The van der Waals surface area contributed by atoms with Gasteiger partial charge in [-0.05, 0) is 36.6 Å². The molecule has 1 unspecified atom stereocenters. The summed E-state index contributed by atoms with van der Waals surface area (Å²) in [6, 6.07) is 13.4. The minimum absolute atomic E-state index is 0.0873. The number of hydrogen-bond acceptors (Lipinski definition) is 3. The van der Waals surface area contributed by atoms with Crippen LogP contribution in [0.2, 0.25) is 0 Å². The Morgan fingerprint density at radius 3 is 2.50 bits per heavy atom. The molecule has 2 rings (SSSR count). The van der Waals surface area contributed by atoms with E-state index in [2.05, 4.69) is 5.32 Å². The molecule has 0 aliphatic rings. The largest absolute Gasteiger partial charge is 0.493 e. The van der Waals surface area contributed by atoms with Gasteiger partial charge in [0, 0.05) is 0 Å². The van der Waals surface area contributed by atoms with Crippen molar-refractivity contribution < 1.29 is 19.4 Å². The second-order valence-corrected chi connectivity index (χ2v) is 5.62. The van der Waals surface area contributed by atoms with Crippen molar-refractivity contribution in [3.05, 3.63) is 65.2 Å². The van der Waals surface area contributed by atoms with Gasteiger partial charge in [-0.3, -0.25) is 4.79 Å². The predicted octanol–water partition coefficient (Wildman–Crippen LogP) is 3.01. The summed E-state index contributed by atoms with van der Waals surface area (Å²) in [5, 5.41) is 11.8. The van der Waals surface area contributed by atoms with Gasteiger partial charge < -0.3 is 15.2 Å². The smallest absolute Gasteiger partial charge is 0.330 e. The number of aryl methyl sites for hydroxylation is 2. The fourth-order valence-electron chi connectivity index (χ4n) is 2.28. The van der Waals surface area contributed by atoms with Crippen molar-refractivity contribution in [3.63, 3.8) is 0 Å². The van der Waals surface area contributed by atoms with Gasteiger partial charge in [0.25, 0.3) is 0 Å². The van der Waals surface area contributed by atoms with Crippen molar-refractivity contribution in [2.75, 3.05) is 6.61 Å². The molecular weight excluding hydrogens is 306 g/mol. The zero-order chi connectivity index (χ0) is 17.5. The number of hydrogen-bond donors (Lipinski definition) is 2. The SMILES string of the molecule is Cc1ccc(C)c(OCCC(=O)NC(C(=O)O)c2ccccc2)c1. The molecule has 5 heteroatoms. The molecule has 2 N–H and O–H groups in total. The van der Waals surface area contributed by atoms with Crippen LogP contribution in [-0.2, 0) is 9.59 Å². The third-order valence-corrected chi connectivity index (χ3v) is 3.62. The Labute approximate surface area is 141 Å². The summed E-state index contributed by atoms with van der Waals surface area (Å²) in [4.78, 5) is 23.4. The molecule has 24 heavy (non-hydrogen) atoms. The zero-order valence-corrected chi connectivity index (χ0v) is 13.8. The summed E-state index contributed by atoms with van der Waals surface area (Å²) < 4.78 is 5.63. The molecule has 0 fully saturated rings. The first kappa shape index (κ1) is 17.5. The summed E-state index contributed by atoms with van der Waals surface area (Å²) in [6.07, 6.45) is 0.0873. The van der Waals surface area contributed by atoms with Gasteiger partial charge in [-0.1, -0.05) is 42.5 Å². The van der Waals surface area contributed by atoms with E-state index in [1.807, 2.05) is 32.0 Å². The van der Waals surface area contributed by atoms with Gasteiger partial charge in [0.2, 0.25) is 5.91 Å². The van der Waals surface area contributed by atoms with Crippen molar-refractivity contribution in [1.82, 2.24) is 5.32 Å². The maximum atomic E-state index is 12.0. The lowest BCUT2D eigenvalue weighted by atomic mass is 10.1. The van der Waals surface area contributed by atoms with Crippen LogP contribution in [-0.4, -0.2) is 23.6 Å². The van der Waals surface area contributed by atoms with Crippen LogP contribution in [0.15, 0.2) is 48.5 Å². The van der Waals surface area contributed by atoms with Crippen molar-refractivity contribution in [1.29, 1.82) is 0 Å². The molecule has 126 valence electrons. The van der Waals surface area contributed by atoms with E-state index in [1.165, 1.54) is 0 Å². The molecule has 0 radical (unpaired) electrons. The summed E-state index contributed by atoms with van der Waals surface area (Å²) in [5.41, 5.74) is 2.61. The third kappa shape index (κ3) is 4.84. The molecule has 1 atom stereocenters. The summed E-state index contributed by atoms with van der Waals surface area (Å²) >= 11 is 0. The van der Waals surface area contributed by atoms with Crippen LogP contribution >= 0.6 is 0 Å². The Balaban J connectivity index is 1.90. The Morgan fingerprint density at radius 1 is 1.12 bits per heavy atom. The van der Waals surface area contributed by atoms with E-state index < -0.39 is 12.0 Å². The summed E-state index contributed by atoms with van der Waals surface area (Å²) in [6.45, 7) is 4.10. The van der Waals surface area contributed by atoms with Gasteiger partial charge in [-0.25, -0.2) is 4.79 Å². The monoisotopic (exact) mass is 327 g/mol. The van der Waals surface area contributed by atoms with E-state index in [4.69, 9.17) is 4.74 Å². The molecule has 5 nitrogen and oxygen atoms in total. The minimum Gasteiger partial charge on any atom is -0.493 e. The van der Waals surface area contributed by atoms with E-state index in [9.17, 15) is 14.7 Å². The van der Waals surface area contributed by atoms with Gasteiger partial charge in [-0.15, -0.1) is 0 Å². The number of carbonyl (C=O) groups is 2. The lowest BCUT2D eigenvalue weighted by Gasteiger charge is -2.15. The lowest BCUT2D eigenvalue weighted by Crippen LogP contribution is -2.34. The van der Waals surface area contributed by atoms with Gasteiger partial charge in [0.15, 0.2) is 6.04 Å². The van der Waals surface area contributed by atoms with Crippen molar-refractivity contribution >= 4 is 11.9 Å². The number of nitrogens with one attached hydrogen (secondary N) is 1. The molecule has 1 amide bonds. The minimum atomic E-state index is -1.09. The second-order valence-electron chi connectivity index (χ2n) is 5.62. The van der Waals surface area contributed by atoms with Crippen LogP contribution in [0.1, 0.15) is 29.2 Å². The lowest BCUT2D eigenvalue weighted by molar-refractivity contribution is -0.142. The van der Waals surface area contributed by atoms with Crippen molar-refractivity contribution in [3.8, 4) is 5.75 Å². The van der Waals surface area contributed by atoms with Crippen LogP contribution in [0.25, 0.3) is 0 Å². The van der Waals surface area contributed by atoms with E-state index in [-0.39, 0.29) is 18.9 Å². The van der Waals surface area contributed by atoms with E-state index in [0.717, 1.165) is 16.9 Å². The normalized spacial score (nSPS) is 11.6. The molecule has 0 aliphatic carbocycles. The first-order valence-corrected chi connectivity index (χ1v) is 7.74. The highest BCUT2D eigenvalue weighted by Crippen LogP contribution is 2.19. The number of carbonyl (C=O) groups excluding carboxylic acids is 1. The fourth-order valence-corrected chi connectivity index (χ4v) is 2.28. The maximum absolute atomic E-state index is 12.0. The van der Waals surface area contributed by atoms with Gasteiger partial charge in [0.05, 0.1) is 13.0 Å². The van der Waals surface area contributed by atoms with Gasteiger partial charge in [0.1, 0.15) is 5.75 Å². The Hall–Kier alpha value is -2.82. The molecule has 0 spiro atoms. The first-order chi connectivity index (χ1) is 11.5. The summed E-state index contributed by atoms with van der Waals surface area (Å²) in [7, 11) is 0. The number of rotatable bonds is 7. The molecule has 2 aromatic rings. The number of aliphatic carboxylic acids is 1. The third-order valence-electron chi connectivity index (χ3n) is 3.62. The van der Waals surface area contributed by atoms with Crippen LogP contribution in [0.4, 0.5) is 0 Å². The molecule has 0 aliphatic heterocycles. The average Bonchev–Trinajstić information content (AvgIpc) is 2.56. The molecule has 0 bridgehead atoms. The maximum Gasteiger partial charge on any atom is 0.330 e. The van der Waals surface area contributed by atoms with E-state index in [1.54, 1.807) is 30.3 Å². The van der Waals surface area contributed by atoms with E-state index in [0.29, 0.717) is 5.56 Å². The van der Waals surface area contributed by atoms with Gasteiger partial charge in [-0.2, -0.15) is 0 Å². The number of carboxylic acid groups (broad SMARTS) is 1. The highest BCUT2D eigenvalue weighted by Gasteiger charge is 2.21. The Bertz CT molecular complexity index is 713. The predicted molar refractivity (Wildman–Crippen MR) is 91.0 cm³/mol. The highest BCUT2D eigenvalue weighted by atomic mass is 16.5. The van der Waals surface area contributed by atoms with Crippen LogP contribution < -0.4 is 10.1 Å². The molecular formula is C19H21NO4. The average molecular weight is 327 g/mol. The number of benzene rings is 2. The molecule has 0 aromatic heterocycles. The molecule has 2 aromatic carbocycles. The fraction of sp³-hybridized carbons (Fsp3) is 0.263. The van der Waals surface area contributed by atoms with E-state index >= 15 is 0 Å². The van der Waals surface area contributed by atoms with Gasteiger partial charge >= 0.3 is 5.97 Å². The second kappa shape index (κ2) is 8.15. The summed E-state index contributed by atoms with van der Waals surface area (Å²) in [5.74, 6) is -0.720. The molecule has 0 saturated carbocycles. The number of amides is 1. The standard InChI is InChI=1S/C19H21NO4/c1-13-8-9-14(2)16(12-13)24-11-10-17(21)20-18(19(22)23)15-6-4-3-5-7-15/h3-9,12,18H,10-11H2,1-2H3,(H,20,21)(H,22,23). The molecule has 0 heterocycles. The quantitative estimate of drug-likeness (QED) is 0.819. The van der Waals surface area contributed by atoms with Crippen LogP contribution in [0.5, 0.6) is 5.75 Å².